The van der Waals surface area contributed by atoms with Crippen LogP contribution in [-0.2, 0) is 4.79 Å². The Hall–Kier alpha value is -3.24. The van der Waals surface area contributed by atoms with E-state index < -0.39 is 0 Å². The number of phenols is 1. The highest BCUT2D eigenvalue weighted by Crippen LogP contribution is 2.44. The van der Waals surface area contributed by atoms with Gasteiger partial charge in [0.25, 0.3) is 0 Å². The fourth-order valence-electron chi connectivity index (χ4n) is 4.42. The normalized spacial score (nSPS) is 20.5. The molecule has 0 saturated heterocycles. The van der Waals surface area contributed by atoms with Gasteiger partial charge in [-0.25, -0.2) is 0 Å². The number of rotatable bonds is 2. The summed E-state index contributed by atoms with van der Waals surface area (Å²) < 4.78 is 0. The molecular weight excluding hydrogens is 396 g/mol. The van der Waals surface area contributed by atoms with Gasteiger partial charge in [0.05, 0.1) is 17.4 Å². The minimum Gasteiger partial charge on any atom is -0.508 e. The fraction of sp³-hybridized carbons (Fsp3) is 0.160. The van der Waals surface area contributed by atoms with Crippen LogP contribution in [0.3, 0.4) is 0 Å². The summed E-state index contributed by atoms with van der Waals surface area (Å²) in [6.45, 7) is 0. The van der Waals surface area contributed by atoms with Gasteiger partial charge in [0.15, 0.2) is 5.78 Å². The van der Waals surface area contributed by atoms with Gasteiger partial charge < -0.3 is 15.7 Å². The Morgan fingerprint density at radius 2 is 1.63 bits per heavy atom. The lowest BCUT2D eigenvalue weighted by Crippen LogP contribution is -2.26. The van der Waals surface area contributed by atoms with Crippen LogP contribution in [0.1, 0.15) is 35.9 Å². The van der Waals surface area contributed by atoms with E-state index in [1.165, 1.54) is 0 Å². The molecule has 1 aliphatic carbocycles. The maximum atomic E-state index is 13.4. The Labute approximate surface area is 180 Å². The van der Waals surface area contributed by atoms with Gasteiger partial charge in [0, 0.05) is 22.7 Å². The molecular formula is C25H21ClN2O2. The van der Waals surface area contributed by atoms with Crippen molar-refractivity contribution >= 4 is 28.8 Å². The summed E-state index contributed by atoms with van der Waals surface area (Å²) in [7, 11) is 0. The van der Waals surface area contributed by atoms with Crippen molar-refractivity contribution in [3.05, 3.63) is 100 Å². The molecule has 5 heteroatoms. The van der Waals surface area contributed by atoms with Crippen LogP contribution < -0.4 is 10.6 Å². The quantitative estimate of drug-likeness (QED) is 0.477. The number of benzene rings is 3. The molecule has 3 aromatic rings. The third-order valence-corrected chi connectivity index (χ3v) is 6.11. The molecule has 1 aliphatic heterocycles. The van der Waals surface area contributed by atoms with Crippen molar-refractivity contribution in [1.29, 1.82) is 0 Å². The van der Waals surface area contributed by atoms with E-state index in [-0.39, 0.29) is 23.5 Å². The number of para-hydroxylation sites is 2. The third-order valence-electron chi connectivity index (χ3n) is 5.85. The van der Waals surface area contributed by atoms with Crippen LogP contribution >= 0.6 is 11.6 Å². The summed E-state index contributed by atoms with van der Waals surface area (Å²) in [4.78, 5) is 13.4. The van der Waals surface area contributed by atoms with Crippen LogP contribution in [0, 0.1) is 0 Å². The molecule has 150 valence electrons. The number of nitrogens with one attached hydrogen (secondary N) is 2. The molecule has 30 heavy (non-hydrogen) atoms. The molecule has 0 radical (unpaired) electrons. The number of allylic oxidation sites excluding steroid dienone is 1. The first-order chi connectivity index (χ1) is 14.6. The maximum absolute atomic E-state index is 13.4. The summed E-state index contributed by atoms with van der Waals surface area (Å²) in [5.74, 6) is 0.387. The molecule has 0 spiro atoms. The van der Waals surface area contributed by atoms with Crippen LogP contribution in [0.25, 0.3) is 0 Å². The number of fused-ring (bicyclic) bond motifs is 1. The Morgan fingerprint density at radius 3 is 2.40 bits per heavy atom. The molecule has 1 heterocycles. The predicted molar refractivity (Wildman–Crippen MR) is 120 cm³/mol. The average molecular weight is 417 g/mol. The van der Waals surface area contributed by atoms with Crippen molar-refractivity contribution in [1.82, 2.24) is 0 Å². The summed E-state index contributed by atoms with van der Waals surface area (Å²) >= 11 is 6.05. The van der Waals surface area contributed by atoms with Crippen molar-refractivity contribution in [3.63, 3.8) is 0 Å². The van der Waals surface area contributed by atoms with Crippen molar-refractivity contribution in [2.45, 2.75) is 24.8 Å². The topological polar surface area (TPSA) is 61.4 Å². The van der Waals surface area contributed by atoms with Crippen LogP contribution in [0.15, 0.2) is 84.1 Å². The number of hydrogen-bond acceptors (Lipinski definition) is 4. The monoisotopic (exact) mass is 416 g/mol. The fourth-order valence-corrected chi connectivity index (χ4v) is 4.54. The average Bonchev–Trinajstić information content (AvgIpc) is 2.91. The number of hydrogen-bond donors (Lipinski definition) is 3. The van der Waals surface area contributed by atoms with Crippen LogP contribution in [-0.4, -0.2) is 10.9 Å². The highest BCUT2D eigenvalue weighted by Gasteiger charge is 2.36. The van der Waals surface area contributed by atoms with Gasteiger partial charge in [-0.2, -0.15) is 0 Å². The van der Waals surface area contributed by atoms with Gasteiger partial charge in [-0.05, 0) is 59.9 Å². The number of Topliss-reactive ketones (excluding diaryl/α,β-unsaturated/α-hetero) is 1. The molecule has 4 nitrogen and oxygen atoms in total. The van der Waals surface area contributed by atoms with E-state index in [1.54, 1.807) is 18.2 Å². The molecule has 3 N–H and O–H groups in total. The third kappa shape index (κ3) is 3.44. The number of phenolic OH excluding ortho intramolecular Hbond substituents is 1. The second-order valence-electron chi connectivity index (χ2n) is 7.82. The van der Waals surface area contributed by atoms with Gasteiger partial charge in [0.2, 0.25) is 0 Å². The zero-order valence-corrected chi connectivity index (χ0v) is 17.0. The first-order valence-corrected chi connectivity index (χ1v) is 10.4. The smallest absolute Gasteiger partial charge is 0.163 e. The lowest BCUT2D eigenvalue weighted by Gasteiger charge is -2.30. The SMILES string of the molecule is O=C1C[C@H](c2ccc(Cl)cc2)CC2=C1[C@@H](c1cccc(O)c1)Nc1ccccc1N2. The largest absolute Gasteiger partial charge is 0.508 e. The Balaban J connectivity index is 1.61. The van der Waals surface area contributed by atoms with Crippen molar-refractivity contribution in [3.8, 4) is 5.75 Å². The van der Waals surface area contributed by atoms with E-state index in [4.69, 9.17) is 11.6 Å². The van der Waals surface area contributed by atoms with Gasteiger partial charge in [0.1, 0.15) is 5.75 Å². The summed E-state index contributed by atoms with van der Waals surface area (Å²) in [6, 6.07) is 22.5. The van der Waals surface area contributed by atoms with Gasteiger partial charge in [-0.3, -0.25) is 4.79 Å². The van der Waals surface area contributed by atoms with Gasteiger partial charge in [-0.15, -0.1) is 0 Å². The molecule has 3 aromatic carbocycles. The maximum Gasteiger partial charge on any atom is 0.163 e. The number of carbonyl (C=O) groups is 1. The van der Waals surface area contributed by atoms with E-state index >= 15 is 0 Å². The molecule has 0 bridgehead atoms. The van der Waals surface area contributed by atoms with Gasteiger partial charge >= 0.3 is 0 Å². The van der Waals surface area contributed by atoms with Crippen molar-refractivity contribution in [2.75, 3.05) is 10.6 Å². The number of ketones is 1. The minimum absolute atomic E-state index is 0.0936. The first-order valence-electron chi connectivity index (χ1n) is 10.0. The van der Waals surface area contributed by atoms with Crippen LogP contribution in [0.5, 0.6) is 5.75 Å². The zero-order chi connectivity index (χ0) is 20.7. The second kappa shape index (κ2) is 7.54. The van der Waals surface area contributed by atoms with Crippen LogP contribution in [0.4, 0.5) is 11.4 Å². The zero-order valence-electron chi connectivity index (χ0n) is 16.2. The second-order valence-corrected chi connectivity index (χ2v) is 8.25. The molecule has 0 saturated carbocycles. The number of aromatic hydroxyl groups is 1. The Kier molecular flexibility index (Phi) is 4.72. The molecule has 2 aliphatic rings. The molecule has 2 atom stereocenters. The summed E-state index contributed by atoms with van der Waals surface area (Å²) in [5, 5.41) is 17.8. The highest BCUT2D eigenvalue weighted by atomic mass is 35.5. The Morgan fingerprint density at radius 1 is 0.867 bits per heavy atom. The van der Waals surface area contributed by atoms with E-state index in [0.717, 1.165) is 40.2 Å². The van der Waals surface area contributed by atoms with Crippen molar-refractivity contribution < 1.29 is 9.90 Å². The molecule has 0 aromatic heterocycles. The van der Waals surface area contributed by atoms with Gasteiger partial charge in [-0.1, -0.05) is 48.0 Å². The molecule has 0 fully saturated rings. The molecule has 5 rings (SSSR count). The highest BCUT2D eigenvalue weighted by molar-refractivity contribution is 6.30. The number of anilines is 2. The summed E-state index contributed by atoms with van der Waals surface area (Å²) in [6.07, 6.45) is 1.17. The molecule has 0 unspecified atom stereocenters. The number of halogens is 1. The molecule has 0 amide bonds. The number of carbonyl (C=O) groups excluding carboxylic acids is 1. The van der Waals surface area contributed by atoms with Crippen LogP contribution in [0.2, 0.25) is 5.02 Å². The minimum atomic E-state index is -0.332. The predicted octanol–water partition coefficient (Wildman–Crippen LogP) is 6.03. The lowest BCUT2D eigenvalue weighted by molar-refractivity contribution is -0.116. The lowest BCUT2D eigenvalue weighted by atomic mass is 9.78. The van der Waals surface area contributed by atoms with E-state index in [0.29, 0.717) is 11.4 Å². The van der Waals surface area contributed by atoms with Crippen molar-refractivity contribution in [2.24, 2.45) is 0 Å². The van der Waals surface area contributed by atoms with E-state index in [2.05, 4.69) is 10.6 Å². The summed E-state index contributed by atoms with van der Waals surface area (Å²) in [5.41, 5.74) is 5.51. The van der Waals surface area contributed by atoms with E-state index in [1.807, 2.05) is 54.6 Å². The van der Waals surface area contributed by atoms with E-state index in [9.17, 15) is 9.90 Å². The first kappa shape index (κ1) is 18.8. The standard InChI is InChI=1S/C25H21ClN2O2/c26-18-10-8-15(9-11-18)17-13-22-24(23(30)14-17)25(16-4-3-5-19(29)12-16)28-21-7-2-1-6-20(21)27-22/h1-12,17,25,27-29H,13-14H2/t17-,25-/m1/s1. The Bertz CT molecular complexity index is 1150.